The lowest BCUT2D eigenvalue weighted by atomic mass is 10.1. The summed E-state index contributed by atoms with van der Waals surface area (Å²) in [6.07, 6.45) is 0.476. The number of nitrogens with zero attached hydrogens (tertiary/aromatic N) is 3. The van der Waals surface area contributed by atoms with Crippen molar-refractivity contribution in [2.45, 2.75) is 12.5 Å². The fraction of sp³-hybridized carbons (Fsp3) is 0.538. The third kappa shape index (κ3) is 3.65. The monoisotopic (exact) mass is 331 g/mol. The highest BCUT2D eigenvalue weighted by Gasteiger charge is 2.33. The van der Waals surface area contributed by atoms with Crippen LogP contribution in [0.15, 0.2) is 12.1 Å². The molecule has 1 aromatic rings. The van der Waals surface area contributed by atoms with Gasteiger partial charge in [0.05, 0.1) is 11.5 Å². The van der Waals surface area contributed by atoms with Crippen LogP contribution in [-0.2, 0) is 9.84 Å². The van der Waals surface area contributed by atoms with Gasteiger partial charge in [0.2, 0.25) is 0 Å². The molecule has 116 valence electrons. The molecule has 8 heteroatoms. The zero-order chi connectivity index (χ0) is 15.8. The molecule has 1 aliphatic heterocycles. The van der Waals surface area contributed by atoms with Crippen LogP contribution in [0, 0.1) is 0 Å². The molecule has 1 saturated heterocycles. The summed E-state index contributed by atoms with van der Waals surface area (Å²) in [6, 6.07) is 2.86. The summed E-state index contributed by atoms with van der Waals surface area (Å²) < 4.78 is 23.1. The second-order valence-corrected chi connectivity index (χ2v) is 8.02. The van der Waals surface area contributed by atoms with Crippen LogP contribution in [0.25, 0.3) is 0 Å². The van der Waals surface area contributed by atoms with E-state index < -0.39 is 9.84 Å². The number of halogens is 1. The summed E-state index contributed by atoms with van der Waals surface area (Å²) in [5.74, 6) is 0.493. The van der Waals surface area contributed by atoms with Gasteiger partial charge in [-0.2, -0.15) is 0 Å². The molecule has 1 fully saturated rings. The summed E-state index contributed by atoms with van der Waals surface area (Å²) in [5, 5.41) is 0.233. The first-order valence-corrected chi connectivity index (χ1v) is 8.72. The molecule has 0 saturated carbocycles. The number of rotatable bonds is 3. The number of carbonyl (C=O) groups is 1. The number of aromatic nitrogens is 1. The van der Waals surface area contributed by atoms with Crippen LogP contribution in [0.2, 0.25) is 5.15 Å². The van der Waals surface area contributed by atoms with Crippen LogP contribution >= 0.6 is 11.6 Å². The highest BCUT2D eigenvalue weighted by Crippen LogP contribution is 2.21. The Labute approximate surface area is 129 Å². The summed E-state index contributed by atoms with van der Waals surface area (Å²) in [5.41, 5.74) is 0.408. The second kappa shape index (κ2) is 5.81. The molecule has 0 N–H and O–H groups in total. The lowest BCUT2D eigenvalue weighted by molar-refractivity contribution is 0.0747. The van der Waals surface area contributed by atoms with E-state index >= 15 is 0 Å². The molecule has 0 bridgehead atoms. The SMILES string of the molecule is CN(C)c1cc(C(=O)N(C)C2CCS(=O)(=O)C2)cc(Cl)n1. The van der Waals surface area contributed by atoms with Crippen molar-refractivity contribution in [1.29, 1.82) is 0 Å². The third-order valence-corrected chi connectivity index (χ3v) is 5.51. The maximum atomic E-state index is 12.5. The average Bonchev–Trinajstić information content (AvgIpc) is 2.76. The minimum Gasteiger partial charge on any atom is -0.363 e. The van der Waals surface area contributed by atoms with Crippen LogP contribution in [-0.4, -0.2) is 62.9 Å². The summed E-state index contributed by atoms with van der Waals surface area (Å²) in [4.78, 5) is 19.9. The van der Waals surface area contributed by atoms with E-state index in [-0.39, 0.29) is 28.6 Å². The number of anilines is 1. The Bertz CT molecular complexity index is 661. The molecule has 1 atom stereocenters. The van der Waals surface area contributed by atoms with Gasteiger partial charge in [0.25, 0.3) is 5.91 Å². The van der Waals surface area contributed by atoms with E-state index in [1.54, 1.807) is 32.1 Å². The number of hydrogen-bond donors (Lipinski definition) is 0. The maximum absolute atomic E-state index is 12.5. The van der Waals surface area contributed by atoms with Crippen LogP contribution in [0.3, 0.4) is 0 Å². The third-order valence-electron chi connectivity index (χ3n) is 3.56. The molecule has 0 aromatic carbocycles. The van der Waals surface area contributed by atoms with E-state index in [4.69, 9.17) is 11.6 Å². The highest BCUT2D eigenvalue weighted by atomic mass is 35.5. The molecule has 21 heavy (non-hydrogen) atoms. The van der Waals surface area contributed by atoms with Gasteiger partial charge in [-0.25, -0.2) is 13.4 Å². The fourth-order valence-electron chi connectivity index (χ4n) is 2.29. The molecule has 2 rings (SSSR count). The van der Waals surface area contributed by atoms with E-state index in [1.807, 2.05) is 0 Å². The van der Waals surface area contributed by atoms with Crippen molar-refractivity contribution in [3.63, 3.8) is 0 Å². The molecule has 1 unspecified atom stereocenters. The predicted molar refractivity (Wildman–Crippen MR) is 82.7 cm³/mol. The Balaban J connectivity index is 2.24. The fourth-order valence-corrected chi connectivity index (χ4v) is 4.26. The van der Waals surface area contributed by atoms with Crippen LogP contribution < -0.4 is 4.90 Å². The number of carbonyl (C=O) groups excluding carboxylic acids is 1. The molecule has 0 radical (unpaired) electrons. The normalized spacial score (nSPS) is 20.3. The molecular weight excluding hydrogens is 314 g/mol. The second-order valence-electron chi connectivity index (χ2n) is 5.40. The lowest BCUT2D eigenvalue weighted by Crippen LogP contribution is -2.37. The predicted octanol–water partition coefficient (Wildman–Crippen LogP) is 1.06. The van der Waals surface area contributed by atoms with Crippen LogP contribution in [0.5, 0.6) is 0 Å². The van der Waals surface area contributed by atoms with Crippen molar-refractivity contribution < 1.29 is 13.2 Å². The first-order chi connectivity index (χ1) is 9.69. The van der Waals surface area contributed by atoms with Gasteiger partial charge in [-0.05, 0) is 18.6 Å². The van der Waals surface area contributed by atoms with Gasteiger partial charge in [-0.15, -0.1) is 0 Å². The number of hydrogen-bond acceptors (Lipinski definition) is 5. The molecule has 1 aromatic heterocycles. The van der Waals surface area contributed by atoms with E-state index in [0.717, 1.165) is 0 Å². The van der Waals surface area contributed by atoms with E-state index in [1.165, 1.54) is 11.0 Å². The first-order valence-electron chi connectivity index (χ1n) is 6.52. The maximum Gasteiger partial charge on any atom is 0.254 e. The number of sulfone groups is 1. The van der Waals surface area contributed by atoms with Gasteiger partial charge in [-0.1, -0.05) is 11.6 Å². The smallest absolute Gasteiger partial charge is 0.254 e. The molecule has 2 heterocycles. The first kappa shape index (κ1) is 16.0. The van der Waals surface area contributed by atoms with Gasteiger partial charge >= 0.3 is 0 Å². The Kier molecular flexibility index (Phi) is 4.43. The minimum atomic E-state index is -3.03. The van der Waals surface area contributed by atoms with E-state index in [2.05, 4.69) is 4.98 Å². The number of pyridine rings is 1. The topological polar surface area (TPSA) is 70.6 Å². The van der Waals surface area contributed by atoms with E-state index in [0.29, 0.717) is 17.8 Å². The molecular formula is C13H18ClN3O3S. The van der Waals surface area contributed by atoms with Crippen LogP contribution in [0.1, 0.15) is 16.8 Å². The Morgan fingerprint density at radius 2 is 2.00 bits per heavy atom. The quantitative estimate of drug-likeness (QED) is 0.775. The van der Waals surface area contributed by atoms with Crippen molar-refractivity contribution >= 4 is 33.2 Å². The van der Waals surface area contributed by atoms with E-state index in [9.17, 15) is 13.2 Å². The molecule has 0 spiro atoms. The van der Waals surface area contributed by atoms with Crippen molar-refractivity contribution in [3.05, 3.63) is 22.8 Å². The van der Waals surface area contributed by atoms with Crippen molar-refractivity contribution in [2.75, 3.05) is 37.5 Å². The largest absolute Gasteiger partial charge is 0.363 e. The van der Waals surface area contributed by atoms with Crippen molar-refractivity contribution in [2.24, 2.45) is 0 Å². The Hall–Kier alpha value is -1.34. The zero-order valence-electron chi connectivity index (χ0n) is 12.2. The van der Waals surface area contributed by atoms with Gasteiger partial charge in [0.1, 0.15) is 11.0 Å². The number of amides is 1. The van der Waals surface area contributed by atoms with Crippen molar-refractivity contribution in [1.82, 2.24) is 9.88 Å². The van der Waals surface area contributed by atoms with Gasteiger partial charge in [0, 0.05) is 32.7 Å². The summed E-state index contributed by atoms with van der Waals surface area (Å²) in [7, 11) is 2.21. The minimum absolute atomic E-state index is 0.0224. The summed E-state index contributed by atoms with van der Waals surface area (Å²) in [6.45, 7) is 0. The van der Waals surface area contributed by atoms with Crippen molar-refractivity contribution in [3.8, 4) is 0 Å². The average molecular weight is 332 g/mol. The molecule has 1 aliphatic rings. The Morgan fingerprint density at radius 1 is 1.33 bits per heavy atom. The van der Waals surface area contributed by atoms with Gasteiger partial charge in [0.15, 0.2) is 9.84 Å². The lowest BCUT2D eigenvalue weighted by Gasteiger charge is -2.24. The molecule has 1 amide bonds. The Morgan fingerprint density at radius 3 is 2.52 bits per heavy atom. The summed E-state index contributed by atoms with van der Waals surface area (Å²) >= 11 is 5.94. The molecule has 6 nitrogen and oxygen atoms in total. The zero-order valence-corrected chi connectivity index (χ0v) is 13.8. The van der Waals surface area contributed by atoms with Gasteiger partial charge in [-0.3, -0.25) is 4.79 Å². The van der Waals surface area contributed by atoms with Gasteiger partial charge < -0.3 is 9.80 Å². The standard InChI is InChI=1S/C13H18ClN3O3S/c1-16(2)12-7-9(6-11(14)15-12)13(18)17(3)10-4-5-21(19,20)8-10/h6-7,10H,4-5,8H2,1-3H3. The highest BCUT2D eigenvalue weighted by molar-refractivity contribution is 7.91. The van der Waals surface area contributed by atoms with Crippen LogP contribution in [0.4, 0.5) is 5.82 Å². The molecule has 0 aliphatic carbocycles.